The van der Waals surface area contributed by atoms with Gasteiger partial charge in [0.25, 0.3) is 11.8 Å². The summed E-state index contributed by atoms with van der Waals surface area (Å²) < 4.78 is 7.61. The third-order valence-electron chi connectivity index (χ3n) is 13.9. The first-order valence-electron chi connectivity index (χ1n) is 27.7. The van der Waals surface area contributed by atoms with Gasteiger partial charge < -0.3 is 35.8 Å². The summed E-state index contributed by atoms with van der Waals surface area (Å²) in [5.41, 5.74) is 9.30. The maximum Gasteiger partial charge on any atom is 0.440 e. The molecule has 5 N–H and O–H groups in total. The predicted molar refractivity (Wildman–Crippen MR) is 342 cm³/mol. The first kappa shape index (κ1) is 65.4. The third kappa shape index (κ3) is 17.3. The standard InChI is InChI=1S/C44H46N4O4S.C22H18N4OS.CH2BNO.Y/c1-6-7-8-13-30-25-39(49)42(36-24-29(4)17-20-33(36)28(2)3)40(26-30)52-44(51)48-38-27-32(53-41-16-10-9-15-35(41)43(50)45-5)19-21-34(38)37(47-48)22-18-31-14-11-12-23-46-31;1-23-22(27)18-7-2-3-8-21(18)28-16-10-11-17-19(25-26-20(17)14-16)12-9-15-6-4-5-13-24-15;2-1(3)4;/h9-12,14-16,18-19,21-27,33,36,49H,2,6-8,13,17,20H2,1,3-5H3,(H,45,50);2-14H,1H3,(H2,23,24,25,26,27);(H2,3,4);/p-1/b22-18+;;;. The van der Waals surface area contributed by atoms with Crippen molar-refractivity contribution in [3.8, 4) is 11.5 Å². The Labute approximate surface area is 536 Å². The van der Waals surface area contributed by atoms with Crippen molar-refractivity contribution >= 4 is 101 Å². The average molecular weight is 1260 g/mol. The second kappa shape index (κ2) is 31.8. The van der Waals surface area contributed by atoms with E-state index in [1.54, 1.807) is 32.6 Å². The SMILES string of the molecule is C=C(C)C1CCC(C)=CC1c1c(O)cc(CCCCC)cc1OC(=O)n1nc(/C=C/c2ccccn2)c2ccc(Sc3ccccc3C(=O)NC)cc21.CNC(=O)c1ccccc1Sc1ccc2c(/C=C/c3ccccn3)n[n-]c2c1.[B]C(=N)O.[Y]. The molecule has 19 heteroatoms. The van der Waals surface area contributed by atoms with Crippen molar-refractivity contribution in [3.63, 3.8) is 0 Å². The Bertz CT molecular complexity index is 3960. The minimum atomic E-state index is -0.833. The molecule has 2 amide bonds. The van der Waals surface area contributed by atoms with Crippen LogP contribution in [0.3, 0.4) is 0 Å². The number of hydrogen-bond donors (Lipinski definition) is 5. The summed E-state index contributed by atoms with van der Waals surface area (Å²) in [6.45, 7) is 10.6. The molecule has 4 aromatic heterocycles. The summed E-state index contributed by atoms with van der Waals surface area (Å²) in [5.74, 6) is -0.802. The molecule has 1 aliphatic rings. The Kier molecular flexibility index (Phi) is 24.2. The summed E-state index contributed by atoms with van der Waals surface area (Å²) in [6, 6.07) is 41.9. The van der Waals surface area contributed by atoms with E-state index in [1.165, 1.54) is 33.8 Å². The first-order chi connectivity index (χ1) is 41.1. The molecule has 86 heavy (non-hydrogen) atoms. The molecular formula is C67H65BN9O6S2Y-. The van der Waals surface area contributed by atoms with Crippen LogP contribution >= 0.6 is 23.5 Å². The number of aryl methyl sites for hydroxylation is 1. The van der Waals surface area contributed by atoms with Crippen molar-refractivity contribution < 1.29 is 62.0 Å². The van der Waals surface area contributed by atoms with E-state index < -0.39 is 11.9 Å². The van der Waals surface area contributed by atoms with E-state index in [4.69, 9.17) is 20.4 Å². The van der Waals surface area contributed by atoms with Crippen LogP contribution in [-0.4, -0.2) is 80.7 Å². The van der Waals surface area contributed by atoms with Crippen LogP contribution in [0, 0.1) is 11.3 Å². The number of aromatic nitrogens is 6. The fraction of sp³-hybridized carbons (Fsp3) is 0.194. The number of phenols is 1. The molecule has 4 heterocycles. The zero-order valence-electron chi connectivity index (χ0n) is 48.5. The summed E-state index contributed by atoms with van der Waals surface area (Å²) in [7, 11) is 7.49. The average Bonchev–Trinajstić information content (AvgIpc) is 2.91. The quantitative estimate of drug-likeness (QED) is 0.0189. The molecule has 3 radical (unpaired) electrons. The number of amides is 2. The number of aliphatic hydroxyl groups excluding tert-OH is 1. The molecule has 0 fully saturated rings. The van der Waals surface area contributed by atoms with E-state index in [0.29, 0.717) is 33.7 Å². The van der Waals surface area contributed by atoms with Gasteiger partial charge in [-0.05, 0) is 166 Å². The van der Waals surface area contributed by atoms with Crippen LogP contribution in [0.1, 0.15) is 113 Å². The van der Waals surface area contributed by atoms with Gasteiger partial charge in [0.2, 0.25) is 0 Å². The Hall–Kier alpha value is -8.15. The Balaban J connectivity index is 0.000000268. The topological polar surface area (TPSA) is 219 Å². The molecule has 0 saturated carbocycles. The summed E-state index contributed by atoms with van der Waals surface area (Å²) in [5, 5.41) is 45.4. The molecular weight excluding hydrogens is 1190 g/mol. The van der Waals surface area contributed by atoms with Gasteiger partial charge in [0, 0.05) is 101 Å². The van der Waals surface area contributed by atoms with Crippen molar-refractivity contribution in [1.82, 2.24) is 40.6 Å². The number of fused-ring (bicyclic) bond motifs is 2. The van der Waals surface area contributed by atoms with Crippen LogP contribution in [0.25, 0.3) is 46.1 Å². The second-order valence-corrected chi connectivity index (χ2v) is 22.3. The van der Waals surface area contributed by atoms with Crippen LogP contribution < -0.4 is 20.5 Å². The third-order valence-corrected chi connectivity index (χ3v) is 16.0. The number of nitrogens with zero attached hydrogens (tertiary/aromatic N) is 6. The van der Waals surface area contributed by atoms with Gasteiger partial charge in [-0.25, -0.2) is 4.79 Å². The molecule has 2 unspecified atom stereocenters. The van der Waals surface area contributed by atoms with E-state index in [2.05, 4.69) is 65.1 Å². The molecule has 10 rings (SSSR count). The molecule has 15 nitrogen and oxygen atoms in total. The van der Waals surface area contributed by atoms with Crippen LogP contribution in [0.15, 0.2) is 189 Å². The van der Waals surface area contributed by atoms with Crippen LogP contribution in [0.2, 0.25) is 0 Å². The molecule has 2 atom stereocenters. The smallest absolute Gasteiger partial charge is 0.440 e. The van der Waals surface area contributed by atoms with Crippen molar-refractivity contribution in [3.05, 3.63) is 215 Å². The number of unbranched alkanes of at least 4 members (excludes halogenated alkanes) is 2. The van der Waals surface area contributed by atoms with Gasteiger partial charge in [0.1, 0.15) is 17.3 Å². The number of benzene rings is 5. The van der Waals surface area contributed by atoms with Gasteiger partial charge >= 0.3 is 6.09 Å². The monoisotopic (exact) mass is 1260 g/mol. The minimum Gasteiger partial charge on any atom is -0.574 e. The predicted octanol–water partition coefficient (Wildman–Crippen LogP) is 14.5. The van der Waals surface area contributed by atoms with Gasteiger partial charge in [-0.1, -0.05) is 116 Å². The number of allylic oxidation sites excluding steroid dienone is 3. The van der Waals surface area contributed by atoms with E-state index >= 15 is 0 Å². The van der Waals surface area contributed by atoms with E-state index in [1.807, 2.05) is 159 Å². The molecule has 5 aromatic carbocycles. The Morgan fingerprint density at radius 2 is 1.36 bits per heavy atom. The molecule has 0 bridgehead atoms. The fourth-order valence-electron chi connectivity index (χ4n) is 9.74. The number of carbonyl (C=O) groups is 3. The van der Waals surface area contributed by atoms with E-state index in [0.717, 1.165) is 103 Å². The van der Waals surface area contributed by atoms with Crippen LogP contribution in [0.4, 0.5) is 4.79 Å². The number of rotatable bonds is 17. The Morgan fingerprint density at radius 1 is 0.791 bits per heavy atom. The van der Waals surface area contributed by atoms with Crippen LogP contribution in [-0.2, 0) is 39.1 Å². The molecule has 0 spiro atoms. The molecule has 1 aliphatic carbocycles. The van der Waals surface area contributed by atoms with E-state index in [-0.39, 0.29) is 62.1 Å². The van der Waals surface area contributed by atoms with Crippen molar-refractivity contribution in [2.45, 2.75) is 84.8 Å². The Morgan fingerprint density at radius 3 is 1.93 bits per heavy atom. The number of aromatic hydroxyl groups is 1. The first-order valence-corrected chi connectivity index (χ1v) is 29.3. The number of aliphatic hydroxyl groups is 1. The maximum absolute atomic E-state index is 14.4. The molecule has 0 aliphatic heterocycles. The van der Waals surface area contributed by atoms with Gasteiger partial charge in [-0.15, -0.1) is 5.52 Å². The molecule has 9 aromatic rings. The number of carbonyl (C=O) groups excluding carboxylic acids is 3. The molecule has 433 valence electrons. The number of nitrogens with one attached hydrogen (secondary N) is 3. The van der Waals surface area contributed by atoms with Crippen molar-refractivity contribution in [1.29, 1.82) is 5.41 Å². The zero-order chi connectivity index (χ0) is 60.4. The minimum absolute atomic E-state index is 0. The largest absolute Gasteiger partial charge is 0.574 e. The second-order valence-electron chi connectivity index (χ2n) is 20.0. The fourth-order valence-corrected chi connectivity index (χ4v) is 11.7. The van der Waals surface area contributed by atoms with Gasteiger partial charge in [0.05, 0.1) is 33.7 Å². The summed E-state index contributed by atoms with van der Waals surface area (Å²) in [4.78, 5) is 51.3. The number of hydrogen-bond acceptors (Lipinski definition) is 12. The summed E-state index contributed by atoms with van der Waals surface area (Å²) >= 11 is 2.96. The van der Waals surface area contributed by atoms with Gasteiger partial charge in [-0.3, -0.25) is 25.0 Å². The number of phenolic OH excluding ortho intramolecular Hbond substituents is 1. The van der Waals surface area contributed by atoms with Crippen molar-refractivity contribution in [2.75, 3.05) is 14.1 Å². The normalized spacial score (nSPS) is 13.6. The number of ether oxygens (including phenoxy) is 1. The van der Waals surface area contributed by atoms with Crippen molar-refractivity contribution in [2.24, 2.45) is 5.92 Å². The zero-order valence-corrected chi connectivity index (χ0v) is 53.0. The summed E-state index contributed by atoms with van der Waals surface area (Å²) in [6.07, 6.45) is 18.2. The van der Waals surface area contributed by atoms with Gasteiger partial charge in [0.15, 0.2) is 7.85 Å². The maximum atomic E-state index is 14.4. The van der Waals surface area contributed by atoms with Gasteiger partial charge in [-0.2, -0.15) is 9.78 Å². The van der Waals surface area contributed by atoms with Crippen LogP contribution in [0.5, 0.6) is 11.5 Å². The number of pyridine rings is 2. The molecule has 0 saturated heterocycles. The van der Waals surface area contributed by atoms with E-state index in [9.17, 15) is 19.5 Å².